The van der Waals surface area contributed by atoms with Crippen molar-refractivity contribution in [1.82, 2.24) is 10.6 Å². The SMILES string of the molecule is CN=C(NCCc1cc(F)cc2c1OCOC2)NCC(C)(C)OC. The first kappa shape index (κ1) is 18.5. The van der Waals surface area contributed by atoms with E-state index in [2.05, 4.69) is 15.6 Å². The van der Waals surface area contributed by atoms with Crippen molar-refractivity contribution in [1.29, 1.82) is 0 Å². The van der Waals surface area contributed by atoms with Gasteiger partial charge in [-0.15, -0.1) is 0 Å². The predicted octanol–water partition coefficient (Wildman–Crippen LogP) is 1.82. The minimum Gasteiger partial charge on any atom is -0.467 e. The molecule has 0 saturated heterocycles. The number of nitrogens with zero attached hydrogens (tertiary/aromatic N) is 1. The lowest BCUT2D eigenvalue weighted by Gasteiger charge is -2.24. The number of guanidine groups is 1. The number of ether oxygens (including phenoxy) is 3. The normalized spacial score (nSPS) is 14.8. The van der Waals surface area contributed by atoms with Gasteiger partial charge in [-0.25, -0.2) is 4.39 Å². The van der Waals surface area contributed by atoms with Crippen LogP contribution in [0, 0.1) is 5.82 Å². The highest BCUT2D eigenvalue weighted by atomic mass is 19.1. The van der Waals surface area contributed by atoms with Crippen molar-refractivity contribution in [3.05, 3.63) is 29.1 Å². The Hall–Kier alpha value is -1.86. The van der Waals surface area contributed by atoms with Gasteiger partial charge in [0.1, 0.15) is 11.6 Å². The van der Waals surface area contributed by atoms with E-state index in [0.717, 1.165) is 16.9 Å². The maximum absolute atomic E-state index is 13.7. The van der Waals surface area contributed by atoms with Crippen LogP contribution < -0.4 is 15.4 Å². The lowest BCUT2D eigenvalue weighted by atomic mass is 10.1. The third-order valence-electron chi connectivity index (χ3n) is 3.90. The average Bonchev–Trinajstić information content (AvgIpc) is 2.57. The molecule has 2 rings (SSSR count). The van der Waals surface area contributed by atoms with Crippen molar-refractivity contribution in [2.45, 2.75) is 32.5 Å². The molecule has 1 aromatic rings. The molecule has 0 aromatic heterocycles. The first-order valence-corrected chi connectivity index (χ1v) is 7.96. The summed E-state index contributed by atoms with van der Waals surface area (Å²) in [7, 11) is 3.38. The Morgan fingerprint density at radius 2 is 2.17 bits per heavy atom. The molecule has 0 spiro atoms. The van der Waals surface area contributed by atoms with E-state index >= 15 is 0 Å². The third-order valence-corrected chi connectivity index (χ3v) is 3.90. The Bertz CT molecular complexity index is 591. The molecule has 0 bridgehead atoms. The Kier molecular flexibility index (Phi) is 6.39. The Labute approximate surface area is 142 Å². The summed E-state index contributed by atoms with van der Waals surface area (Å²) in [6, 6.07) is 2.97. The van der Waals surface area contributed by atoms with E-state index in [0.29, 0.717) is 32.1 Å². The Morgan fingerprint density at radius 1 is 1.38 bits per heavy atom. The topological polar surface area (TPSA) is 64.1 Å². The van der Waals surface area contributed by atoms with Crippen LogP contribution in [0.3, 0.4) is 0 Å². The molecule has 6 nitrogen and oxygen atoms in total. The van der Waals surface area contributed by atoms with Crippen LogP contribution >= 0.6 is 0 Å². The van der Waals surface area contributed by atoms with Gasteiger partial charge >= 0.3 is 0 Å². The smallest absolute Gasteiger partial charge is 0.191 e. The number of halogens is 1. The summed E-state index contributed by atoms with van der Waals surface area (Å²) in [6.45, 7) is 5.79. The van der Waals surface area contributed by atoms with Gasteiger partial charge in [0.05, 0.1) is 12.2 Å². The maximum atomic E-state index is 13.7. The minimum absolute atomic E-state index is 0.203. The van der Waals surface area contributed by atoms with Crippen LogP contribution in [-0.4, -0.2) is 45.6 Å². The molecular formula is C17H26FN3O3. The highest BCUT2D eigenvalue weighted by Gasteiger charge is 2.18. The predicted molar refractivity (Wildman–Crippen MR) is 90.8 cm³/mol. The fraction of sp³-hybridized carbons (Fsp3) is 0.588. The molecule has 0 unspecified atom stereocenters. The summed E-state index contributed by atoms with van der Waals surface area (Å²) < 4.78 is 29.8. The Morgan fingerprint density at radius 3 is 2.88 bits per heavy atom. The number of methoxy groups -OCH3 is 1. The number of hydrogen-bond donors (Lipinski definition) is 2. The van der Waals surface area contributed by atoms with Crippen LogP contribution in [0.25, 0.3) is 0 Å². The van der Waals surface area contributed by atoms with E-state index in [4.69, 9.17) is 14.2 Å². The highest BCUT2D eigenvalue weighted by molar-refractivity contribution is 5.79. The summed E-state index contributed by atoms with van der Waals surface area (Å²) in [5.74, 6) is 1.13. The van der Waals surface area contributed by atoms with E-state index in [9.17, 15) is 4.39 Å². The molecule has 0 atom stereocenters. The van der Waals surface area contributed by atoms with Crippen LogP contribution in [0.15, 0.2) is 17.1 Å². The molecule has 1 aliphatic heterocycles. The monoisotopic (exact) mass is 339 g/mol. The molecule has 0 aliphatic carbocycles. The van der Waals surface area contributed by atoms with Gasteiger partial charge in [0.15, 0.2) is 12.8 Å². The van der Waals surface area contributed by atoms with Crippen molar-refractivity contribution in [2.24, 2.45) is 4.99 Å². The van der Waals surface area contributed by atoms with Crippen LogP contribution in [-0.2, 0) is 22.5 Å². The van der Waals surface area contributed by atoms with E-state index in [1.54, 1.807) is 14.2 Å². The molecular weight excluding hydrogens is 313 g/mol. The van der Waals surface area contributed by atoms with Crippen LogP contribution in [0.4, 0.5) is 4.39 Å². The van der Waals surface area contributed by atoms with E-state index in [1.807, 2.05) is 13.8 Å². The van der Waals surface area contributed by atoms with Gasteiger partial charge in [-0.2, -0.15) is 0 Å². The molecule has 0 amide bonds. The fourth-order valence-corrected chi connectivity index (χ4v) is 2.35. The van der Waals surface area contributed by atoms with Gasteiger partial charge in [0.25, 0.3) is 0 Å². The molecule has 24 heavy (non-hydrogen) atoms. The van der Waals surface area contributed by atoms with Gasteiger partial charge < -0.3 is 24.8 Å². The molecule has 1 heterocycles. The summed E-state index contributed by atoms with van der Waals surface area (Å²) in [4.78, 5) is 4.18. The molecule has 1 aliphatic rings. The molecule has 0 radical (unpaired) electrons. The first-order valence-electron chi connectivity index (χ1n) is 7.96. The van der Waals surface area contributed by atoms with Gasteiger partial charge in [-0.1, -0.05) is 0 Å². The quantitative estimate of drug-likeness (QED) is 0.611. The second-order valence-electron chi connectivity index (χ2n) is 6.23. The van der Waals surface area contributed by atoms with Crippen molar-refractivity contribution < 1.29 is 18.6 Å². The summed E-state index contributed by atoms with van der Waals surface area (Å²) >= 11 is 0. The lowest BCUT2D eigenvalue weighted by Crippen LogP contribution is -2.45. The summed E-state index contributed by atoms with van der Waals surface area (Å²) in [5.41, 5.74) is 1.29. The Balaban J connectivity index is 1.90. The van der Waals surface area contributed by atoms with Crippen LogP contribution in [0.1, 0.15) is 25.0 Å². The largest absolute Gasteiger partial charge is 0.467 e. The zero-order chi connectivity index (χ0) is 17.6. The van der Waals surface area contributed by atoms with E-state index in [1.165, 1.54) is 12.1 Å². The molecule has 134 valence electrons. The third kappa shape index (κ3) is 5.07. The number of aliphatic imine (C=N–C) groups is 1. The van der Waals surface area contributed by atoms with Gasteiger partial charge in [-0.3, -0.25) is 4.99 Å². The minimum atomic E-state index is -0.285. The standard InChI is InChI=1S/C17H26FN3O3/c1-17(2,22-4)10-21-16(19-3)20-6-5-12-7-14(18)8-13-9-23-11-24-15(12)13/h7-8H,5-6,9-11H2,1-4H3,(H2,19,20,21). The van der Waals surface area contributed by atoms with Crippen molar-refractivity contribution in [3.8, 4) is 5.75 Å². The summed E-state index contributed by atoms with van der Waals surface area (Å²) in [5, 5.41) is 6.42. The second-order valence-corrected chi connectivity index (χ2v) is 6.23. The van der Waals surface area contributed by atoms with Crippen molar-refractivity contribution >= 4 is 5.96 Å². The van der Waals surface area contributed by atoms with Gasteiger partial charge in [-0.05, 0) is 38.0 Å². The van der Waals surface area contributed by atoms with E-state index in [-0.39, 0.29) is 18.2 Å². The molecule has 7 heteroatoms. The number of fused-ring (bicyclic) bond motifs is 1. The van der Waals surface area contributed by atoms with Gasteiger partial charge in [0, 0.05) is 32.8 Å². The maximum Gasteiger partial charge on any atom is 0.191 e. The van der Waals surface area contributed by atoms with Crippen LogP contribution in [0.2, 0.25) is 0 Å². The zero-order valence-electron chi connectivity index (χ0n) is 14.7. The number of nitrogens with one attached hydrogen (secondary N) is 2. The van der Waals surface area contributed by atoms with Crippen molar-refractivity contribution in [3.63, 3.8) is 0 Å². The van der Waals surface area contributed by atoms with Gasteiger partial charge in [0.2, 0.25) is 0 Å². The molecule has 0 saturated carbocycles. The molecule has 1 aromatic carbocycles. The number of benzene rings is 1. The number of rotatable bonds is 6. The van der Waals surface area contributed by atoms with E-state index < -0.39 is 0 Å². The van der Waals surface area contributed by atoms with Crippen LogP contribution in [0.5, 0.6) is 5.75 Å². The average molecular weight is 339 g/mol. The molecule has 0 fully saturated rings. The highest BCUT2D eigenvalue weighted by Crippen LogP contribution is 2.29. The second kappa shape index (κ2) is 8.30. The first-order chi connectivity index (χ1) is 11.4. The fourth-order valence-electron chi connectivity index (χ4n) is 2.35. The summed E-state index contributed by atoms with van der Waals surface area (Å²) in [6.07, 6.45) is 0.620. The lowest BCUT2D eigenvalue weighted by molar-refractivity contribution is -0.0172. The zero-order valence-corrected chi connectivity index (χ0v) is 14.7. The molecule has 2 N–H and O–H groups in total. The number of hydrogen-bond acceptors (Lipinski definition) is 4. The van der Waals surface area contributed by atoms with Crippen molar-refractivity contribution in [2.75, 3.05) is 34.0 Å².